The van der Waals surface area contributed by atoms with Crippen LogP contribution >= 0.6 is 34.7 Å². The zero-order chi connectivity index (χ0) is 25.5. The Morgan fingerprint density at radius 3 is 2.65 bits per heavy atom. The van der Waals surface area contributed by atoms with E-state index in [-0.39, 0.29) is 5.91 Å². The molecule has 2 unspecified atom stereocenters. The standard InChI is InChI=1S/C25H26ClN7O2S2/c1-30-21-20(22(34)29-24(30)35)33(13-14-36-25-27-18-7-2-3-8-19(18)37-25)23(28-21)32-11-9-31(10-12-32)17-6-4-5-16(26)15-17/h2-8,15,20-21H,9-14H2,1H3,(H,29,34,35). The first-order valence-corrected chi connectivity index (χ1v) is 14.3. The molecule has 4 heterocycles. The molecule has 37 heavy (non-hydrogen) atoms. The summed E-state index contributed by atoms with van der Waals surface area (Å²) in [5.74, 6) is 1.23. The topological polar surface area (TPSA) is 84.4 Å². The molecule has 2 fully saturated rings. The molecule has 12 heteroatoms. The molecule has 3 aromatic rings. The summed E-state index contributed by atoms with van der Waals surface area (Å²) in [6.07, 6.45) is -0.533. The van der Waals surface area contributed by atoms with Gasteiger partial charge in [-0.2, -0.15) is 0 Å². The number of nitrogens with zero attached hydrogens (tertiary/aromatic N) is 6. The Morgan fingerprint density at radius 2 is 1.86 bits per heavy atom. The van der Waals surface area contributed by atoms with Crippen molar-refractivity contribution in [3.8, 4) is 0 Å². The molecular formula is C25H26ClN7O2S2. The zero-order valence-corrected chi connectivity index (χ0v) is 22.6. The molecule has 0 spiro atoms. The predicted molar refractivity (Wildman–Crippen MR) is 149 cm³/mol. The number of para-hydroxylation sites is 1. The molecule has 2 atom stereocenters. The fraction of sp³-hybridized carbons (Fsp3) is 0.360. The van der Waals surface area contributed by atoms with Gasteiger partial charge in [-0.3, -0.25) is 10.1 Å². The third kappa shape index (κ3) is 4.71. The van der Waals surface area contributed by atoms with E-state index in [1.54, 1.807) is 30.1 Å². The number of thiazole rings is 1. The predicted octanol–water partition coefficient (Wildman–Crippen LogP) is 3.41. The molecular weight excluding hydrogens is 530 g/mol. The van der Waals surface area contributed by atoms with Crippen LogP contribution in [0.25, 0.3) is 10.2 Å². The first-order valence-electron chi connectivity index (χ1n) is 12.1. The number of nitrogens with one attached hydrogen (secondary N) is 1. The van der Waals surface area contributed by atoms with Crippen molar-refractivity contribution in [2.45, 2.75) is 16.5 Å². The number of imide groups is 1. The number of carbonyl (C=O) groups excluding carboxylic acids is 2. The van der Waals surface area contributed by atoms with Crippen LogP contribution in [0.4, 0.5) is 10.5 Å². The number of guanidine groups is 1. The van der Waals surface area contributed by atoms with Crippen molar-refractivity contribution in [1.29, 1.82) is 0 Å². The van der Waals surface area contributed by atoms with Crippen molar-refractivity contribution >= 4 is 68.5 Å². The highest BCUT2D eigenvalue weighted by atomic mass is 35.5. The van der Waals surface area contributed by atoms with Gasteiger partial charge in [0.2, 0.25) is 0 Å². The summed E-state index contributed by atoms with van der Waals surface area (Å²) >= 11 is 9.56. The van der Waals surface area contributed by atoms with Gasteiger partial charge in [0.15, 0.2) is 22.5 Å². The summed E-state index contributed by atoms with van der Waals surface area (Å²) in [6.45, 7) is 3.75. The van der Waals surface area contributed by atoms with Crippen LogP contribution < -0.4 is 10.2 Å². The Kier molecular flexibility index (Phi) is 6.60. The lowest BCUT2D eigenvalue weighted by Gasteiger charge is -2.41. The molecule has 0 aliphatic carbocycles. The van der Waals surface area contributed by atoms with E-state index < -0.39 is 18.2 Å². The molecule has 2 saturated heterocycles. The number of aromatic nitrogens is 1. The van der Waals surface area contributed by atoms with Gasteiger partial charge >= 0.3 is 6.03 Å². The third-order valence-corrected chi connectivity index (χ3v) is 9.30. The van der Waals surface area contributed by atoms with Gasteiger partial charge in [-0.25, -0.2) is 14.8 Å². The van der Waals surface area contributed by atoms with E-state index in [9.17, 15) is 9.59 Å². The molecule has 9 nitrogen and oxygen atoms in total. The third-order valence-electron chi connectivity index (χ3n) is 6.91. The van der Waals surface area contributed by atoms with Gasteiger partial charge in [-0.05, 0) is 30.3 Å². The van der Waals surface area contributed by atoms with Crippen LogP contribution in [0.15, 0.2) is 57.9 Å². The number of rotatable bonds is 5. The number of halogens is 1. The van der Waals surface area contributed by atoms with Crippen molar-refractivity contribution in [2.24, 2.45) is 4.99 Å². The van der Waals surface area contributed by atoms with E-state index in [0.717, 1.165) is 63.2 Å². The Balaban J connectivity index is 1.18. The van der Waals surface area contributed by atoms with E-state index in [4.69, 9.17) is 21.6 Å². The molecule has 1 aromatic heterocycles. The highest BCUT2D eigenvalue weighted by Crippen LogP contribution is 2.31. The smallest absolute Gasteiger partial charge is 0.325 e. The lowest BCUT2D eigenvalue weighted by Crippen LogP contribution is -2.64. The van der Waals surface area contributed by atoms with Gasteiger partial charge in [0.25, 0.3) is 5.91 Å². The number of fused-ring (bicyclic) bond motifs is 2. The van der Waals surface area contributed by atoms with Gasteiger partial charge in [-0.15, -0.1) is 11.3 Å². The number of piperazine rings is 1. The summed E-state index contributed by atoms with van der Waals surface area (Å²) in [7, 11) is 1.69. The van der Waals surface area contributed by atoms with Crippen molar-refractivity contribution in [3.63, 3.8) is 0 Å². The summed E-state index contributed by atoms with van der Waals surface area (Å²) in [6, 6.07) is 15.1. The number of carbonyl (C=O) groups is 2. The van der Waals surface area contributed by atoms with Crippen LogP contribution in [0.3, 0.4) is 0 Å². The molecule has 1 N–H and O–H groups in total. The number of anilines is 1. The average molecular weight is 556 g/mol. The Morgan fingerprint density at radius 1 is 1.08 bits per heavy atom. The van der Waals surface area contributed by atoms with Crippen molar-refractivity contribution in [3.05, 3.63) is 53.6 Å². The summed E-state index contributed by atoms with van der Waals surface area (Å²) in [5.41, 5.74) is 2.10. The van der Waals surface area contributed by atoms with Crippen LogP contribution in [0.1, 0.15) is 0 Å². The van der Waals surface area contributed by atoms with Crippen LogP contribution in [0.2, 0.25) is 5.02 Å². The molecule has 3 aliphatic rings. The minimum absolute atomic E-state index is 0.297. The highest BCUT2D eigenvalue weighted by Gasteiger charge is 2.49. The van der Waals surface area contributed by atoms with Gasteiger partial charge in [-0.1, -0.05) is 41.6 Å². The van der Waals surface area contributed by atoms with Crippen molar-refractivity contribution in [1.82, 2.24) is 25.0 Å². The Bertz CT molecular complexity index is 1340. The van der Waals surface area contributed by atoms with Crippen LogP contribution in [-0.2, 0) is 4.79 Å². The minimum atomic E-state index is -0.542. The first kappa shape index (κ1) is 24.3. The molecule has 6 rings (SSSR count). The quantitative estimate of drug-likeness (QED) is 0.483. The molecule has 0 radical (unpaired) electrons. The molecule has 3 amide bonds. The average Bonchev–Trinajstić information content (AvgIpc) is 3.49. The Labute approximate surface area is 228 Å². The number of thioether (sulfide) groups is 1. The normalized spacial score (nSPS) is 21.9. The second-order valence-corrected chi connectivity index (χ2v) is 11.9. The lowest BCUT2D eigenvalue weighted by atomic mass is 10.1. The number of benzene rings is 2. The number of hydrogen-bond acceptors (Lipinski definition) is 9. The molecule has 2 aromatic carbocycles. The summed E-state index contributed by atoms with van der Waals surface area (Å²) in [4.78, 5) is 43.0. The number of hydrogen-bond donors (Lipinski definition) is 1. The molecule has 192 valence electrons. The number of likely N-dealkylation sites (N-methyl/N-ethyl adjacent to an activating group) is 1. The van der Waals surface area contributed by atoms with E-state index in [2.05, 4.69) is 32.1 Å². The second kappa shape index (κ2) is 10.0. The van der Waals surface area contributed by atoms with Crippen LogP contribution in [0, 0.1) is 0 Å². The minimum Gasteiger partial charge on any atom is -0.368 e. The Hall–Kier alpha value is -3.02. The fourth-order valence-electron chi connectivity index (χ4n) is 5.00. The van der Waals surface area contributed by atoms with E-state index in [1.165, 1.54) is 4.90 Å². The molecule has 0 saturated carbocycles. The van der Waals surface area contributed by atoms with Gasteiger partial charge in [0, 0.05) is 56.2 Å². The fourth-order valence-corrected chi connectivity index (χ4v) is 7.26. The van der Waals surface area contributed by atoms with E-state index in [1.807, 2.05) is 36.4 Å². The number of urea groups is 1. The molecule has 0 bridgehead atoms. The molecule has 3 aliphatic heterocycles. The maximum absolute atomic E-state index is 13.0. The number of amides is 3. The van der Waals surface area contributed by atoms with Crippen LogP contribution in [-0.4, -0.2) is 95.3 Å². The largest absolute Gasteiger partial charge is 0.368 e. The highest BCUT2D eigenvalue weighted by molar-refractivity contribution is 8.01. The second-order valence-electron chi connectivity index (χ2n) is 9.14. The number of aliphatic imine (C=N–C) groups is 1. The van der Waals surface area contributed by atoms with Gasteiger partial charge in [0.05, 0.1) is 10.2 Å². The van der Waals surface area contributed by atoms with Crippen LogP contribution in [0.5, 0.6) is 0 Å². The monoisotopic (exact) mass is 555 g/mol. The summed E-state index contributed by atoms with van der Waals surface area (Å²) in [5, 5.41) is 3.21. The lowest BCUT2D eigenvalue weighted by molar-refractivity contribution is -0.127. The maximum atomic E-state index is 13.0. The van der Waals surface area contributed by atoms with Gasteiger partial charge in [0.1, 0.15) is 0 Å². The zero-order valence-electron chi connectivity index (χ0n) is 20.2. The maximum Gasteiger partial charge on any atom is 0.325 e. The van der Waals surface area contributed by atoms with Crippen molar-refractivity contribution in [2.75, 3.05) is 50.4 Å². The van der Waals surface area contributed by atoms with E-state index >= 15 is 0 Å². The first-order chi connectivity index (χ1) is 18.0. The van der Waals surface area contributed by atoms with Crippen molar-refractivity contribution < 1.29 is 9.59 Å². The van der Waals surface area contributed by atoms with Gasteiger partial charge < -0.3 is 19.6 Å². The summed E-state index contributed by atoms with van der Waals surface area (Å²) < 4.78 is 2.17. The van der Waals surface area contributed by atoms with E-state index in [0.29, 0.717) is 6.54 Å². The SMILES string of the molecule is CN1C(=O)NC(=O)C2C1N=C(N1CCN(c3cccc(Cl)c3)CC1)N2CCSc1nc2ccccc2s1.